The molecule has 0 saturated heterocycles. The maximum Gasteiger partial charge on any atom is 0.260 e. The number of carbonyl (C=O) groups is 1. The minimum Gasteiger partial charge on any atom is -0.337 e. The van der Waals surface area contributed by atoms with Crippen molar-refractivity contribution >= 4 is 16.8 Å². The second-order valence-electron chi connectivity index (χ2n) is 6.31. The molecular formula is C21H23N2O+. The molecule has 1 amide bonds. The van der Waals surface area contributed by atoms with E-state index in [2.05, 4.69) is 16.7 Å². The van der Waals surface area contributed by atoms with Gasteiger partial charge in [-0.05, 0) is 24.1 Å². The average molecular weight is 319 g/mol. The van der Waals surface area contributed by atoms with E-state index in [0.717, 1.165) is 33.3 Å². The Hall–Kier alpha value is -2.68. The van der Waals surface area contributed by atoms with E-state index in [1.807, 2.05) is 70.4 Å². The number of rotatable bonds is 3. The number of carbonyl (C=O) groups excluding carboxylic acids is 1. The Morgan fingerprint density at radius 1 is 1.00 bits per heavy atom. The van der Waals surface area contributed by atoms with Gasteiger partial charge in [-0.1, -0.05) is 42.5 Å². The molecule has 0 aliphatic rings. The van der Waals surface area contributed by atoms with Crippen molar-refractivity contribution in [3.63, 3.8) is 0 Å². The van der Waals surface area contributed by atoms with E-state index in [9.17, 15) is 4.79 Å². The highest BCUT2D eigenvalue weighted by molar-refractivity contribution is 6.00. The zero-order valence-electron chi connectivity index (χ0n) is 14.7. The molecule has 122 valence electrons. The first kappa shape index (κ1) is 16.2. The van der Waals surface area contributed by atoms with E-state index < -0.39 is 0 Å². The van der Waals surface area contributed by atoms with Gasteiger partial charge in [-0.15, -0.1) is 0 Å². The van der Waals surface area contributed by atoms with Gasteiger partial charge in [0, 0.05) is 26.6 Å². The van der Waals surface area contributed by atoms with Gasteiger partial charge in [0.25, 0.3) is 5.91 Å². The fourth-order valence-corrected chi connectivity index (χ4v) is 3.27. The molecule has 1 aromatic heterocycles. The monoisotopic (exact) mass is 319 g/mol. The van der Waals surface area contributed by atoms with Crippen LogP contribution in [0.2, 0.25) is 0 Å². The number of nitrogens with zero attached hydrogens (tertiary/aromatic N) is 2. The molecule has 2 aromatic carbocycles. The molecule has 1 heterocycles. The van der Waals surface area contributed by atoms with Gasteiger partial charge < -0.3 is 4.90 Å². The van der Waals surface area contributed by atoms with Crippen LogP contribution in [0.5, 0.6) is 0 Å². The third-order valence-corrected chi connectivity index (χ3v) is 4.73. The minimum atomic E-state index is 0.0650. The van der Waals surface area contributed by atoms with Gasteiger partial charge >= 0.3 is 0 Å². The summed E-state index contributed by atoms with van der Waals surface area (Å²) in [7, 11) is 3.88. The fourth-order valence-electron chi connectivity index (χ4n) is 3.27. The van der Waals surface area contributed by atoms with Gasteiger partial charge in [0.2, 0.25) is 5.52 Å². The van der Waals surface area contributed by atoms with Gasteiger partial charge in [-0.2, -0.15) is 4.57 Å². The topological polar surface area (TPSA) is 24.2 Å². The van der Waals surface area contributed by atoms with E-state index in [0.29, 0.717) is 6.54 Å². The van der Waals surface area contributed by atoms with Crippen LogP contribution in [0.3, 0.4) is 0 Å². The zero-order valence-corrected chi connectivity index (χ0v) is 14.7. The van der Waals surface area contributed by atoms with E-state index in [1.54, 1.807) is 4.90 Å². The van der Waals surface area contributed by atoms with Crippen LogP contribution >= 0.6 is 0 Å². The number of fused-ring (bicyclic) bond motifs is 1. The maximum absolute atomic E-state index is 13.1. The molecule has 0 unspecified atom stereocenters. The Bertz CT molecular complexity index is 901. The van der Waals surface area contributed by atoms with E-state index in [4.69, 9.17) is 0 Å². The quantitative estimate of drug-likeness (QED) is 0.677. The number of aromatic nitrogens is 1. The van der Waals surface area contributed by atoms with Crippen molar-refractivity contribution < 1.29 is 9.36 Å². The van der Waals surface area contributed by atoms with Gasteiger partial charge in [0.15, 0.2) is 5.69 Å². The predicted octanol–water partition coefficient (Wildman–Crippen LogP) is 3.55. The molecule has 0 bridgehead atoms. The second-order valence-corrected chi connectivity index (χ2v) is 6.31. The lowest BCUT2D eigenvalue weighted by Crippen LogP contribution is -2.38. The Kier molecular flexibility index (Phi) is 4.34. The highest BCUT2D eigenvalue weighted by Gasteiger charge is 2.25. The van der Waals surface area contributed by atoms with Crippen LogP contribution in [0.25, 0.3) is 10.9 Å². The van der Waals surface area contributed by atoms with Crippen LogP contribution in [0.15, 0.2) is 54.6 Å². The van der Waals surface area contributed by atoms with Gasteiger partial charge in [0.05, 0.1) is 5.39 Å². The smallest absolute Gasteiger partial charge is 0.260 e. The van der Waals surface area contributed by atoms with Crippen molar-refractivity contribution in [3.8, 4) is 0 Å². The molecule has 0 aliphatic carbocycles. The lowest BCUT2D eigenvalue weighted by Gasteiger charge is -2.19. The number of hydrogen-bond donors (Lipinski definition) is 0. The molecule has 0 saturated carbocycles. The SMILES string of the molecule is Cc1c(C(=O)N(C)Cc2ccccc2)c(C)[n+](C)c2ccccc12. The number of amides is 1. The summed E-state index contributed by atoms with van der Waals surface area (Å²) in [6, 6.07) is 18.3. The Labute approximate surface area is 143 Å². The summed E-state index contributed by atoms with van der Waals surface area (Å²) in [6.45, 7) is 4.66. The summed E-state index contributed by atoms with van der Waals surface area (Å²) >= 11 is 0. The van der Waals surface area contributed by atoms with Crippen molar-refractivity contribution in [3.05, 3.63) is 77.0 Å². The minimum absolute atomic E-state index is 0.0650. The molecule has 3 heteroatoms. The second kappa shape index (κ2) is 6.44. The molecule has 0 fully saturated rings. The first-order valence-corrected chi connectivity index (χ1v) is 8.18. The number of aryl methyl sites for hydroxylation is 2. The molecular weight excluding hydrogens is 296 g/mol. The Morgan fingerprint density at radius 2 is 1.62 bits per heavy atom. The van der Waals surface area contributed by atoms with Gasteiger partial charge in [-0.25, -0.2) is 0 Å². The zero-order chi connectivity index (χ0) is 17.3. The molecule has 0 spiro atoms. The van der Waals surface area contributed by atoms with Crippen molar-refractivity contribution in [2.75, 3.05) is 7.05 Å². The normalized spacial score (nSPS) is 10.8. The van der Waals surface area contributed by atoms with Crippen molar-refractivity contribution in [2.24, 2.45) is 7.05 Å². The molecule has 0 radical (unpaired) electrons. The standard InChI is InChI=1S/C21H23N2O/c1-15-18-12-8-9-13-19(18)23(4)16(2)20(15)21(24)22(3)14-17-10-6-5-7-11-17/h5-13H,14H2,1-4H3/q+1. The van der Waals surface area contributed by atoms with Crippen LogP contribution in [0.4, 0.5) is 0 Å². The summed E-state index contributed by atoms with van der Waals surface area (Å²) in [5, 5.41) is 1.13. The lowest BCUT2D eigenvalue weighted by atomic mass is 10.00. The number of benzene rings is 2. The first-order chi connectivity index (χ1) is 11.5. The summed E-state index contributed by atoms with van der Waals surface area (Å²) in [5.74, 6) is 0.0650. The van der Waals surface area contributed by atoms with E-state index in [1.165, 1.54) is 0 Å². The highest BCUT2D eigenvalue weighted by atomic mass is 16.2. The predicted molar refractivity (Wildman–Crippen MR) is 96.8 cm³/mol. The van der Waals surface area contributed by atoms with Crippen LogP contribution < -0.4 is 4.57 Å². The highest BCUT2D eigenvalue weighted by Crippen LogP contribution is 2.22. The van der Waals surface area contributed by atoms with Gasteiger partial charge in [-0.3, -0.25) is 4.79 Å². The fraction of sp³-hybridized carbons (Fsp3) is 0.238. The molecule has 24 heavy (non-hydrogen) atoms. The Balaban J connectivity index is 2.04. The third-order valence-electron chi connectivity index (χ3n) is 4.73. The third kappa shape index (κ3) is 2.78. The first-order valence-electron chi connectivity index (χ1n) is 8.18. The van der Waals surface area contributed by atoms with Crippen LogP contribution in [0.1, 0.15) is 27.2 Å². The number of hydrogen-bond acceptors (Lipinski definition) is 1. The molecule has 3 nitrogen and oxygen atoms in total. The summed E-state index contributed by atoms with van der Waals surface area (Å²) in [5.41, 5.74) is 5.13. The van der Waals surface area contributed by atoms with E-state index >= 15 is 0 Å². The number of para-hydroxylation sites is 1. The van der Waals surface area contributed by atoms with Crippen molar-refractivity contribution in [1.29, 1.82) is 0 Å². The summed E-state index contributed by atoms with van der Waals surface area (Å²) in [6.07, 6.45) is 0. The number of pyridine rings is 1. The van der Waals surface area contributed by atoms with Crippen LogP contribution in [-0.2, 0) is 13.6 Å². The lowest BCUT2D eigenvalue weighted by molar-refractivity contribution is -0.651. The van der Waals surface area contributed by atoms with Crippen LogP contribution in [0, 0.1) is 13.8 Å². The van der Waals surface area contributed by atoms with Gasteiger partial charge in [0.1, 0.15) is 12.6 Å². The summed E-state index contributed by atoms with van der Waals surface area (Å²) in [4.78, 5) is 14.9. The van der Waals surface area contributed by atoms with Crippen molar-refractivity contribution in [2.45, 2.75) is 20.4 Å². The van der Waals surface area contributed by atoms with Crippen molar-refractivity contribution in [1.82, 2.24) is 4.90 Å². The average Bonchev–Trinajstić information content (AvgIpc) is 2.60. The summed E-state index contributed by atoms with van der Waals surface area (Å²) < 4.78 is 2.10. The largest absolute Gasteiger partial charge is 0.337 e. The molecule has 0 atom stereocenters. The molecule has 3 rings (SSSR count). The molecule has 3 aromatic rings. The maximum atomic E-state index is 13.1. The molecule has 0 N–H and O–H groups in total. The molecule has 0 aliphatic heterocycles. The van der Waals surface area contributed by atoms with Crippen LogP contribution in [-0.4, -0.2) is 17.9 Å². The Morgan fingerprint density at radius 3 is 2.33 bits per heavy atom. The van der Waals surface area contributed by atoms with E-state index in [-0.39, 0.29) is 5.91 Å².